The Morgan fingerprint density at radius 2 is 1.90 bits per heavy atom. The summed E-state index contributed by atoms with van der Waals surface area (Å²) >= 11 is 5.85. The van der Waals surface area contributed by atoms with Crippen LogP contribution in [0.1, 0.15) is 19.4 Å². The molecule has 0 saturated heterocycles. The Morgan fingerprint density at radius 1 is 1.29 bits per heavy atom. The zero-order chi connectivity index (χ0) is 15.7. The third-order valence-corrected chi connectivity index (χ3v) is 5.42. The SMILES string of the molecule is CC1(C)NS(=O)(=O)C(c2ccc(Cl)cc2)=C1CNCCF. The van der Waals surface area contributed by atoms with E-state index in [1.165, 1.54) is 0 Å². The van der Waals surface area contributed by atoms with Crippen LogP contribution in [-0.2, 0) is 10.0 Å². The second-order valence-corrected chi connectivity index (χ2v) is 7.47. The lowest BCUT2D eigenvalue weighted by atomic mass is 9.93. The first-order valence-electron chi connectivity index (χ1n) is 6.58. The molecule has 1 aliphatic heterocycles. The van der Waals surface area contributed by atoms with E-state index in [9.17, 15) is 12.8 Å². The van der Waals surface area contributed by atoms with E-state index < -0.39 is 22.2 Å². The number of rotatable bonds is 5. The van der Waals surface area contributed by atoms with E-state index in [2.05, 4.69) is 10.0 Å². The summed E-state index contributed by atoms with van der Waals surface area (Å²) in [7, 11) is -3.59. The lowest BCUT2D eigenvalue weighted by molar-refractivity contribution is 0.463. The standard InChI is InChI=1S/C14H18ClFN2O2S/c1-14(2)12(9-17-8-7-16)13(21(19,20)18-14)10-3-5-11(15)6-4-10/h3-6,17-18H,7-9H2,1-2H3. The lowest BCUT2D eigenvalue weighted by Crippen LogP contribution is -2.40. The van der Waals surface area contributed by atoms with Crippen molar-refractivity contribution in [1.29, 1.82) is 0 Å². The quantitative estimate of drug-likeness (QED) is 0.814. The number of hydrogen-bond donors (Lipinski definition) is 2. The molecule has 1 aromatic carbocycles. The van der Waals surface area contributed by atoms with Gasteiger partial charge in [0, 0.05) is 18.1 Å². The van der Waals surface area contributed by atoms with Gasteiger partial charge in [0.1, 0.15) is 6.67 Å². The molecule has 0 spiro atoms. The molecule has 4 nitrogen and oxygen atoms in total. The summed E-state index contributed by atoms with van der Waals surface area (Å²) in [6, 6.07) is 6.65. The highest BCUT2D eigenvalue weighted by Crippen LogP contribution is 2.37. The van der Waals surface area contributed by atoms with Crippen molar-refractivity contribution in [2.75, 3.05) is 19.8 Å². The highest BCUT2D eigenvalue weighted by molar-refractivity contribution is 7.99. The van der Waals surface area contributed by atoms with Gasteiger partial charge in [0.2, 0.25) is 10.0 Å². The van der Waals surface area contributed by atoms with Gasteiger partial charge >= 0.3 is 0 Å². The van der Waals surface area contributed by atoms with Gasteiger partial charge in [0.05, 0.1) is 10.4 Å². The summed E-state index contributed by atoms with van der Waals surface area (Å²) < 4.78 is 39.7. The monoisotopic (exact) mass is 332 g/mol. The summed E-state index contributed by atoms with van der Waals surface area (Å²) in [4.78, 5) is 0.246. The second-order valence-electron chi connectivity index (χ2n) is 5.41. The predicted octanol–water partition coefficient (Wildman–Crippen LogP) is 2.32. The maximum Gasteiger partial charge on any atom is 0.242 e. The number of nitrogens with one attached hydrogen (secondary N) is 2. The molecule has 21 heavy (non-hydrogen) atoms. The van der Waals surface area contributed by atoms with E-state index in [-0.39, 0.29) is 11.4 Å². The summed E-state index contributed by atoms with van der Waals surface area (Å²) in [5, 5.41) is 3.46. The van der Waals surface area contributed by atoms with Gasteiger partial charge in [0.25, 0.3) is 0 Å². The fraction of sp³-hybridized carbons (Fsp3) is 0.429. The largest absolute Gasteiger partial charge is 0.310 e. The zero-order valence-corrected chi connectivity index (χ0v) is 13.5. The average Bonchev–Trinajstić information content (AvgIpc) is 2.56. The molecule has 116 valence electrons. The number of halogens is 2. The minimum Gasteiger partial charge on any atom is -0.310 e. The summed E-state index contributed by atoms with van der Waals surface area (Å²) in [6.07, 6.45) is 0. The molecule has 1 heterocycles. The van der Waals surface area contributed by atoms with Gasteiger partial charge in [-0.15, -0.1) is 0 Å². The molecular weight excluding hydrogens is 315 g/mol. The van der Waals surface area contributed by atoms with Gasteiger partial charge in [-0.25, -0.2) is 17.5 Å². The first-order chi connectivity index (χ1) is 9.78. The maximum absolute atomic E-state index is 12.4. The fourth-order valence-corrected chi connectivity index (χ4v) is 4.53. The van der Waals surface area contributed by atoms with Crippen molar-refractivity contribution in [3.8, 4) is 0 Å². The van der Waals surface area contributed by atoms with Crippen LogP contribution in [0.25, 0.3) is 4.91 Å². The van der Waals surface area contributed by atoms with Gasteiger partial charge in [-0.3, -0.25) is 0 Å². The van der Waals surface area contributed by atoms with Crippen LogP contribution in [0.5, 0.6) is 0 Å². The molecule has 0 atom stereocenters. The molecule has 0 saturated carbocycles. The zero-order valence-electron chi connectivity index (χ0n) is 11.9. The summed E-state index contributed by atoms with van der Waals surface area (Å²) in [6.45, 7) is 3.58. The number of hydrogen-bond acceptors (Lipinski definition) is 3. The fourth-order valence-electron chi connectivity index (χ4n) is 2.41. The summed E-state index contributed by atoms with van der Waals surface area (Å²) in [5.41, 5.74) is 0.560. The molecule has 0 radical (unpaired) electrons. The first kappa shape index (κ1) is 16.4. The van der Waals surface area contributed by atoms with Crippen LogP contribution in [-0.4, -0.2) is 33.7 Å². The number of alkyl halides is 1. The lowest BCUT2D eigenvalue weighted by Gasteiger charge is -2.21. The third kappa shape index (κ3) is 3.45. The van der Waals surface area contributed by atoms with Crippen LogP contribution in [0.4, 0.5) is 4.39 Å². The molecule has 0 bridgehead atoms. The molecule has 0 amide bonds. The number of sulfonamides is 1. The van der Waals surface area contributed by atoms with Gasteiger partial charge in [0.15, 0.2) is 0 Å². The Bertz CT molecular complexity index is 654. The second kappa shape index (κ2) is 6.04. The van der Waals surface area contributed by atoms with Gasteiger partial charge in [-0.2, -0.15) is 0 Å². The molecule has 2 rings (SSSR count). The topological polar surface area (TPSA) is 58.2 Å². The molecule has 0 aliphatic carbocycles. The van der Waals surface area contributed by atoms with Crippen molar-refractivity contribution >= 4 is 26.5 Å². The molecule has 0 aromatic heterocycles. The summed E-state index contributed by atoms with van der Waals surface area (Å²) in [5.74, 6) is 0. The minimum atomic E-state index is -3.59. The molecule has 0 unspecified atom stereocenters. The highest BCUT2D eigenvalue weighted by atomic mass is 35.5. The van der Waals surface area contributed by atoms with Crippen molar-refractivity contribution in [2.24, 2.45) is 0 Å². The van der Waals surface area contributed by atoms with Crippen LogP contribution in [0.3, 0.4) is 0 Å². The van der Waals surface area contributed by atoms with Crippen LogP contribution >= 0.6 is 11.6 Å². The van der Waals surface area contributed by atoms with E-state index in [1.54, 1.807) is 38.1 Å². The van der Waals surface area contributed by atoms with Gasteiger partial charge in [-0.05, 0) is 37.1 Å². The van der Waals surface area contributed by atoms with E-state index in [1.807, 2.05) is 0 Å². The van der Waals surface area contributed by atoms with E-state index >= 15 is 0 Å². The van der Waals surface area contributed by atoms with Crippen molar-refractivity contribution in [3.05, 3.63) is 40.4 Å². The van der Waals surface area contributed by atoms with Crippen molar-refractivity contribution < 1.29 is 12.8 Å². The minimum absolute atomic E-state index is 0.188. The molecule has 2 N–H and O–H groups in total. The smallest absolute Gasteiger partial charge is 0.242 e. The molecule has 0 fully saturated rings. The maximum atomic E-state index is 12.4. The van der Waals surface area contributed by atoms with E-state index in [0.717, 1.165) is 0 Å². The molecular formula is C14H18ClFN2O2S. The van der Waals surface area contributed by atoms with Crippen molar-refractivity contribution in [2.45, 2.75) is 19.4 Å². The Kier molecular flexibility index (Phi) is 4.72. The Balaban J connectivity index is 2.51. The normalized spacial score (nSPS) is 20.0. The molecule has 7 heteroatoms. The highest BCUT2D eigenvalue weighted by Gasteiger charge is 2.42. The third-order valence-electron chi connectivity index (χ3n) is 3.37. The van der Waals surface area contributed by atoms with E-state index in [4.69, 9.17) is 11.6 Å². The Hall–Kier alpha value is -0.950. The van der Waals surface area contributed by atoms with E-state index in [0.29, 0.717) is 22.7 Å². The van der Waals surface area contributed by atoms with Crippen LogP contribution in [0, 0.1) is 0 Å². The van der Waals surface area contributed by atoms with Crippen molar-refractivity contribution in [3.63, 3.8) is 0 Å². The van der Waals surface area contributed by atoms with Crippen LogP contribution < -0.4 is 10.0 Å². The van der Waals surface area contributed by atoms with Crippen LogP contribution in [0.15, 0.2) is 29.8 Å². The first-order valence-corrected chi connectivity index (χ1v) is 8.44. The van der Waals surface area contributed by atoms with Gasteiger partial charge in [-0.1, -0.05) is 23.7 Å². The van der Waals surface area contributed by atoms with Gasteiger partial charge < -0.3 is 5.32 Å². The molecule has 1 aliphatic rings. The Labute approximate surface area is 129 Å². The molecule has 1 aromatic rings. The predicted molar refractivity (Wildman–Crippen MR) is 83.4 cm³/mol. The van der Waals surface area contributed by atoms with Crippen molar-refractivity contribution in [1.82, 2.24) is 10.0 Å². The Morgan fingerprint density at radius 3 is 2.48 bits per heavy atom. The average molecular weight is 333 g/mol. The van der Waals surface area contributed by atoms with Crippen LogP contribution in [0.2, 0.25) is 5.02 Å². The number of benzene rings is 1.